The van der Waals surface area contributed by atoms with E-state index in [9.17, 15) is 0 Å². The van der Waals surface area contributed by atoms with Crippen LogP contribution in [0, 0.1) is 0 Å². The quantitative estimate of drug-likeness (QED) is 0.780. The van der Waals surface area contributed by atoms with Gasteiger partial charge in [-0.05, 0) is 6.42 Å². The molecule has 5 heteroatoms. The third kappa shape index (κ3) is 2.29. The summed E-state index contributed by atoms with van der Waals surface area (Å²) in [5, 5.41) is 0. The molecular weight excluding hydrogens is 202 g/mol. The minimum Gasteiger partial charge on any atom is -0.368 e. The molecule has 0 saturated heterocycles. The van der Waals surface area contributed by atoms with Gasteiger partial charge in [-0.15, -0.1) is 0 Å². The molecule has 0 fully saturated rings. The van der Waals surface area contributed by atoms with E-state index in [1.54, 1.807) is 12.5 Å². The fourth-order valence-electron chi connectivity index (χ4n) is 1.77. The van der Waals surface area contributed by atoms with Crippen LogP contribution in [0.25, 0.3) is 11.5 Å². The lowest BCUT2D eigenvalue weighted by Crippen LogP contribution is -2.05. The highest BCUT2D eigenvalue weighted by Gasteiger charge is 2.12. The molecule has 2 aliphatic heterocycles. The second-order valence-corrected chi connectivity index (χ2v) is 3.94. The van der Waals surface area contributed by atoms with Gasteiger partial charge in [0.1, 0.15) is 5.69 Å². The second kappa shape index (κ2) is 4.92. The SMILES string of the molecule is CCCCCCn1cncc2nc(N)nc1-2. The second-order valence-electron chi connectivity index (χ2n) is 3.94. The molecule has 0 bridgehead atoms. The van der Waals surface area contributed by atoms with Crippen LogP contribution >= 0.6 is 0 Å². The van der Waals surface area contributed by atoms with E-state index in [0.717, 1.165) is 24.5 Å². The van der Waals surface area contributed by atoms with Gasteiger partial charge in [-0.1, -0.05) is 26.2 Å². The topological polar surface area (TPSA) is 69.6 Å². The summed E-state index contributed by atoms with van der Waals surface area (Å²) >= 11 is 0. The van der Waals surface area contributed by atoms with Crippen molar-refractivity contribution in [1.82, 2.24) is 19.5 Å². The van der Waals surface area contributed by atoms with E-state index in [4.69, 9.17) is 5.73 Å². The molecule has 0 radical (unpaired) electrons. The number of nitrogens with two attached hydrogens (primary N) is 1. The Bertz CT molecular complexity index is 423. The first-order valence-electron chi connectivity index (χ1n) is 5.74. The average molecular weight is 219 g/mol. The van der Waals surface area contributed by atoms with E-state index in [2.05, 4.69) is 21.9 Å². The number of nitrogen functional groups attached to an aromatic ring is 1. The number of unbranched alkanes of at least 4 members (excludes halogenated alkanes) is 3. The van der Waals surface area contributed by atoms with Crippen molar-refractivity contribution in [3.8, 4) is 11.5 Å². The molecule has 2 N–H and O–H groups in total. The molecule has 2 heterocycles. The minimum absolute atomic E-state index is 0.324. The Hall–Kier alpha value is -1.65. The summed E-state index contributed by atoms with van der Waals surface area (Å²) in [4.78, 5) is 12.4. The van der Waals surface area contributed by atoms with Crippen molar-refractivity contribution in [2.24, 2.45) is 0 Å². The smallest absolute Gasteiger partial charge is 0.222 e. The van der Waals surface area contributed by atoms with Crippen LogP contribution in [-0.4, -0.2) is 19.5 Å². The monoisotopic (exact) mass is 219 g/mol. The molecule has 0 aromatic carbocycles. The fourth-order valence-corrected chi connectivity index (χ4v) is 1.77. The zero-order chi connectivity index (χ0) is 11.4. The summed E-state index contributed by atoms with van der Waals surface area (Å²) in [6, 6.07) is 0. The van der Waals surface area contributed by atoms with Gasteiger partial charge in [0.25, 0.3) is 0 Å². The number of fused-ring (bicyclic) bond motifs is 1. The Morgan fingerprint density at radius 3 is 2.94 bits per heavy atom. The number of aryl methyl sites for hydroxylation is 1. The molecule has 2 rings (SSSR count). The van der Waals surface area contributed by atoms with Crippen LogP contribution in [0.3, 0.4) is 0 Å². The Morgan fingerprint density at radius 1 is 1.25 bits per heavy atom. The highest BCUT2D eigenvalue weighted by molar-refractivity contribution is 5.53. The standard InChI is InChI=1S/C11H17N5/c1-2-3-4-5-6-16-8-13-7-9-10(16)15-11(12)14-9/h7-8H,2-6H2,1H3,(H2,12,14). The van der Waals surface area contributed by atoms with Crippen molar-refractivity contribution in [3.05, 3.63) is 12.5 Å². The Morgan fingerprint density at radius 2 is 2.12 bits per heavy atom. The van der Waals surface area contributed by atoms with Gasteiger partial charge in [0.05, 0.1) is 12.5 Å². The number of rotatable bonds is 5. The van der Waals surface area contributed by atoms with Crippen LogP contribution in [0.5, 0.6) is 0 Å². The van der Waals surface area contributed by atoms with Gasteiger partial charge >= 0.3 is 0 Å². The number of hydrogen-bond acceptors (Lipinski definition) is 4. The van der Waals surface area contributed by atoms with Crippen molar-refractivity contribution in [1.29, 1.82) is 0 Å². The van der Waals surface area contributed by atoms with Gasteiger partial charge in [0.2, 0.25) is 5.95 Å². The van der Waals surface area contributed by atoms with Gasteiger partial charge in [-0.3, -0.25) is 0 Å². The Labute approximate surface area is 95.1 Å². The lowest BCUT2D eigenvalue weighted by atomic mass is 10.2. The van der Waals surface area contributed by atoms with E-state index in [1.165, 1.54) is 19.3 Å². The average Bonchev–Trinajstić information content (AvgIpc) is 2.65. The van der Waals surface area contributed by atoms with Crippen molar-refractivity contribution < 1.29 is 0 Å². The molecule has 0 saturated carbocycles. The summed E-state index contributed by atoms with van der Waals surface area (Å²) in [6.45, 7) is 3.14. The molecule has 0 unspecified atom stereocenters. The normalized spacial score (nSPS) is 11.1. The van der Waals surface area contributed by atoms with Crippen LogP contribution < -0.4 is 5.73 Å². The minimum atomic E-state index is 0.324. The number of nitrogens with zero attached hydrogens (tertiary/aromatic N) is 4. The summed E-state index contributed by atoms with van der Waals surface area (Å²) < 4.78 is 2.02. The van der Waals surface area contributed by atoms with E-state index in [1.807, 2.05) is 4.57 Å². The maximum Gasteiger partial charge on any atom is 0.222 e. The lowest BCUT2D eigenvalue weighted by Gasteiger charge is -2.08. The molecule has 0 amide bonds. The summed E-state index contributed by atoms with van der Waals surface area (Å²) in [6.07, 6.45) is 8.40. The van der Waals surface area contributed by atoms with Gasteiger partial charge < -0.3 is 10.3 Å². The first-order valence-corrected chi connectivity index (χ1v) is 5.74. The van der Waals surface area contributed by atoms with Crippen molar-refractivity contribution >= 4 is 5.95 Å². The molecule has 2 aliphatic rings. The van der Waals surface area contributed by atoms with Crippen LogP contribution in [0.2, 0.25) is 0 Å². The zero-order valence-corrected chi connectivity index (χ0v) is 9.56. The molecule has 0 aromatic heterocycles. The molecule has 5 nitrogen and oxygen atoms in total. The number of imidazole rings is 1. The summed E-state index contributed by atoms with van der Waals surface area (Å²) in [7, 11) is 0. The molecule has 0 aromatic rings. The molecule has 86 valence electrons. The van der Waals surface area contributed by atoms with Gasteiger partial charge in [0, 0.05) is 6.54 Å². The van der Waals surface area contributed by atoms with E-state index < -0.39 is 0 Å². The van der Waals surface area contributed by atoms with E-state index in [0.29, 0.717) is 5.95 Å². The van der Waals surface area contributed by atoms with Crippen LogP contribution in [0.4, 0.5) is 5.95 Å². The highest BCUT2D eigenvalue weighted by atomic mass is 15.2. The first kappa shape index (κ1) is 10.9. The van der Waals surface area contributed by atoms with Gasteiger partial charge in [-0.25, -0.2) is 9.97 Å². The fraction of sp³-hybridized carbons (Fsp3) is 0.545. The highest BCUT2D eigenvalue weighted by Crippen LogP contribution is 2.18. The molecule has 0 aliphatic carbocycles. The number of aromatic nitrogens is 4. The van der Waals surface area contributed by atoms with Gasteiger partial charge in [-0.2, -0.15) is 4.98 Å². The van der Waals surface area contributed by atoms with Crippen molar-refractivity contribution in [2.45, 2.75) is 39.2 Å². The third-order valence-electron chi connectivity index (χ3n) is 2.61. The summed E-state index contributed by atoms with van der Waals surface area (Å²) in [5.74, 6) is 1.16. The molecule has 0 spiro atoms. The first-order chi connectivity index (χ1) is 7.81. The van der Waals surface area contributed by atoms with Crippen LogP contribution in [0.1, 0.15) is 32.6 Å². The van der Waals surface area contributed by atoms with E-state index in [-0.39, 0.29) is 0 Å². The van der Waals surface area contributed by atoms with Crippen molar-refractivity contribution in [3.63, 3.8) is 0 Å². The van der Waals surface area contributed by atoms with Crippen molar-refractivity contribution in [2.75, 3.05) is 5.73 Å². The number of anilines is 1. The zero-order valence-electron chi connectivity index (χ0n) is 9.56. The van der Waals surface area contributed by atoms with E-state index >= 15 is 0 Å². The predicted octanol–water partition coefficient (Wildman–Crippen LogP) is 1.94. The lowest BCUT2D eigenvalue weighted by molar-refractivity contribution is 0.574. The Kier molecular flexibility index (Phi) is 3.34. The van der Waals surface area contributed by atoms with Gasteiger partial charge in [0.15, 0.2) is 5.82 Å². The predicted molar refractivity (Wildman–Crippen MR) is 63.0 cm³/mol. The Balaban J connectivity index is 2.06. The number of hydrogen-bond donors (Lipinski definition) is 1. The molecule has 0 atom stereocenters. The summed E-state index contributed by atoms with van der Waals surface area (Å²) in [5.41, 5.74) is 6.35. The third-order valence-corrected chi connectivity index (χ3v) is 2.61. The maximum atomic E-state index is 5.57. The maximum absolute atomic E-state index is 5.57. The largest absolute Gasteiger partial charge is 0.368 e. The molecule has 16 heavy (non-hydrogen) atoms. The van der Waals surface area contributed by atoms with Crippen LogP contribution in [0.15, 0.2) is 12.5 Å². The molecular formula is C11H17N5. The van der Waals surface area contributed by atoms with Crippen LogP contribution in [-0.2, 0) is 6.54 Å².